The number of nitrogens with one attached hydrogen (secondary N) is 2. The number of aryl methyl sites for hydroxylation is 2. The van der Waals surface area contributed by atoms with Gasteiger partial charge >= 0.3 is 0 Å². The molecule has 0 aliphatic rings. The van der Waals surface area contributed by atoms with Crippen LogP contribution in [0.5, 0.6) is 0 Å². The molecule has 0 unspecified atom stereocenters. The second-order valence-corrected chi connectivity index (χ2v) is 6.59. The lowest BCUT2D eigenvalue weighted by molar-refractivity contribution is -0.119. The Morgan fingerprint density at radius 1 is 1.08 bits per heavy atom. The Kier molecular flexibility index (Phi) is 6.50. The second-order valence-electron chi connectivity index (χ2n) is 6.18. The van der Waals surface area contributed by atoms with Crippen molar-refractivity contribution in [3.05, 3.63) is 65.2 Å². The maximum absolute atomic E-state index is 12.1. The van der Waals surface area contributed by atoms with Gasteiger partial charge in [0.05, 0.1) is 0 Å². The lowest BCUT2D eigenvalue weighted by Gasteiger charge is -2.18. The number of thiocarbonyl (C=S) groups is 1. The third-order valence-electron chi connectivity index (χ3n) is 3.90. The normalized spacial score (nSPS) is 10.5. The fraction of sp³-hybridized carbons (Fsp3) is 0.300. The molecule has 0 radical (unpaired) electrons. The van der Waals surface area contributed by atoms with Crippen LogP contribution in [0.4, 0.5) is 5.69 Å². The maximum atomic E-state index is 12.1. The van der Waals surface area contributed by atoms with E-state index in [1.807, 2.05) is 49.4 Å². The number of carbonyl (C=O) groups is 1. The lowest BCUT2D eigenvalue weighted by atomic mass is 9.98. The number of hydrogen-bond donors (Lipinski definition) is 2. The molecule has 4 heteroatoms. The summed E-state index contributed by atoms with van der Waals surface area (Å²) in [6, 6.07) is 16.1. The van der Waals surface area contributed by atoms with Crippen molar-refractivity contribution in [1.82, 2.24) is 5.32 Å². The van der Waals surface area contributed by atoms with E-state index >= 15 is 0 Å². The van der Waals surface area contributed by atoms with Gasteiger partial charge in [0.1, 0.15) is 0 Å². The predicted octanol–water partition coefficient (Wildman–Crippen LogP) is 4.56. The molecule has 24 heavy (non-hydrogen) atoms. The zero-order chi connectivity index (χ0) is 17.5. The van der Waals surface area contributed by atoms with Crippen molar-refractivity contribution in [2.45, 2.75) is 39.5 Å². The minimum absolute atomic E-state index is 0.0731. The highest BCUT2D eigenvalue weighted by Crippen LogP contribution is 2.27. The average molecular weight is 340 g/mol. The Balaban J connectivity index is 1.92. The number of hydrogen-bond acceptors (Lipinski definition) is 2. The molecular formula is C20H24N2OS. The molecule has 2 aromatic rings. The Bertz CT molecular complexity index is 711. The number of para-hydroxylation sites is 1. The zero-order valence-corrected chi connectivity index (χ0v) is 15.2. The highest BCUT2D eigenvalue weighted by molar-refractivity contribution is 7.80. The summed E-state index contributed by atoms with van der Waals surface area (Å²) in [4.78, 5) is 12.1. The van der Waals surface area contributed by atoms with Gasteiger partial charge in [-0.25, -0.2) is 0 Å². The summed E-state index contributed by atoms with van der Waals surface area (Å²) in [7, 11) is 0. The molecule has 0 aliphatic carbocycles. The van der Waals surface area contributed by atoms with Crippen molar-refractivity contribution >= 4 is 28.9 Å². The summed E-state index contributed by atoms with van der Waals surface area (Å²) in [6.07, 6.45) is 1.12. The molecule has 0 aromatic heterocycles. The summed E-state index contributed by atoms with van der Waals surface area (Å²) < 4.78 is 0. The van der Waals surface area contributed by atoms with Crippen LogP contribution in [-0.2, 0) is 11.2 Å². The van der Waals surface area contributed by atoms with Crippen LogP contribution < -0.4 is 10.6 Å². The lowest BCUT2D eigenvalue weighted by Crippen LogP contribution is -2.34. The minimum Gasteiger partial charge on any atom is -0.332 e. The summed E-state index contributed by atoms with van der Waals surface area (Å²) in [5, 5.41) is 6.31. The maximum Gasteiger partial charge on any atom is 0.226 e. The average Bonchev–Trinajstić information content (AvgIpc) is 2.55. The topological polar surface area (TPSA) is 41.1 Å². The molecule has 0 bridgehead atoms. The minimum atomic E-state index is -0.0731. The smallest absolute Gasteiger partial charge is 0.226 e. The Morgan fingerprint density at radius 3 is 2.46 bits per heavy atom. The van der Waals surface area contributed by atoms with Gasteiger partial charge in [-0.15, -0.1) is 0 Å². The molecule has 0 saturated heterocycles. The quantitative estimate of drug-likeness (QED) is 0.784. The first kappa shape index (κ1) is 18.1. The van der Waals surface area contributed by atoms with Crippen molar-refractivity contribution in [3.8, 4) is 0 Å². The standard InChI is InChI=1S/C20H24N2OS/c1-14(2)17-11-7-8-15(3)19(17)22-20(24)21-18(23)13-12-16-9-5-4-6-10-16/h4-11,14H,12-13H2,1-3H3,(H2,21,22,23,24). The van der Waals surface area contributed by atoms with E-state index in [0.29, 0.717) is 23.9 Å². The van der Waals surface area contributed by atoms with Gasteiger partial charge in [0.2, 0.25) is 5.91 Å². The number of anilines is 1. The third kappa shape index (κ3) is 5.17. The fourth-order valence-electron chi connectivity index (χ4n) is 2.58. The van der Waals surface area contributed by atoms with Gasteiger partial charge < -0.3 is 10.6 Å². The van der Waals surface area contributed by atoms with Crippen LogP contribution in [0, 0.1) is 6.92 Å². The van der Waals surface area contributed by atoms with Crippen molar-refractivity contribution in [1.29, 1.82) is 0 Å². The summed E-state index contributed by atoms with van der Waals surface area (Å²) in [5.74, 6) is 0.306. The van der Waals surface area contributed by atoms with Crippen LogP contribution in [0.25, 0.3) is 0 Å². The van der Waals surface area contributed by atoms with Crippen LogP contribution in [0.2, 0.25) is 0 Å². The molecule has 0 saturated carbocycles. The Labute approximate surface area is 149 Å². The van der Waals surface area contributed by atoms with Crippen molar-refractivity contribution < 1.29 is 4.79 Å². The first-order valence-electron chi connectivity index (χ1n) is 8.21. The first-order chi connectivity index (χ1) is 11.5. The summed E-state index contributed by atoms with van der Waals surface area (Å²) >= 11 is 5.31. The monoisotopic (exact) mass is 340 g/mol. The SMILES string of the molecule is Cc1cccc(C(C)C)c1NC(=S)NC(=O)CCc1ccccc1. The van der Waals surface area contributed by atoms with Gasteiger partial charge in [0.15, 0.2) is 5.11 Å². The molecule has 0 heterocycles. The van der Waals surface area contributed by atoms with Crippen molar-refractivity contribution in [2.24, 2.45) is 0 Å². The predicted molar refractivity (Wildman–Crippen MR) is 104 cm³/mol. The zero-order valence-electron chi connectivity index (χ0n) is 14.4. The molecule has 0 spiro atoms. The van der Waals surface area contributed by atoms with E-state index in [0.717, 1.165) is 16.8 Å². The summed E-state index contributed by atoms with van der Waals surface area (Å²) in [6.45, 7) is 6.32. The van der Waals surface area contributed by atoms with Gasteiger partial charge in [-0.1, -0.05) is 62.4 Å². The molecule has 0 atom stereocenters. The van der Waals surface area contributed by atoms with Gasteiger partial charge in [-0.2, -0.15) is 0 Å². The van der Waals surface area contributed by atoms with E-state index in [4.69, 9.17) is 12.2 Å². The van der Waals surface area contributed by atoms with E-state index < -0.39 is 0 Å². The van der Waals surface area contributed by atoms with Crippen LogP contribution in [0.3, 0.4) is 0 Å². The van der Waals surface area contributed by atoms with Crippen LogP contribution >= 0.6 is 12.2 Å². The molecule has 2 N–H and O–H groups in total. The van der Waals surface area contributed by atoms with E-state index in [-0.39, 0.29) is 5.91 Å². The third-order valence-corrected chi connectivity index (χ3v) is 4.11. The first-order valence-corrected chi connectivity index (χ1v) is 8.62. The van der Waals surface area contributed by atoms with E-state index in [2.05, 4.69) is 30.5 Å². The van der Waals surface area contributed by atoms with Crippen LogP contribution in [-0.4, -0.2) is 11.0 Å². The molecule has 1 amide bonds. The number of rotatable bonds is 5. The highest BCUT2D eigenvalue weighted by atomic mass is 32.1. The van der Waals surface area contributed by atoms with Gasteiger partial charge in [-0.05, 0) is 48.2 Å². The number of amides is 1. The molecule has 2 rings (SSSR count). The van der Waals surface area contributed by atoms with Gasteiger partial charge in [-0.3, -0.25) is 4.79 Å². The van der Waals surface area contributed by atoms with E-state index in [1.165, 1.54) is 5.56 Å². The largest absolute Gasteiger partial charge is 0.332 e. The van der Waals surface area contributed by atoms with Crippen LogP contribution in [0.1, 0.15) is 42.9 Å². The number of benzene rings is 2. The van der Waals surface area contributed by atoms with Crippen molar-refractivity contribution in [3.63, 3.8) is 0 Å². The molecule has 3 nitrogen and oxygen atoms in total. The van der Waals surface area contributed by atoms with E-state index in [9.17, 15) is 4.79 Å². The molecule has 0 aliphatic heterocycles. The summed E-state index contributed by atoms with van der Waals surface area (Å²) in [5.41, 5.74) is 4.44. The fourth-order valence-corrected chi connectivity index (χ4v) is 2.79. The van der Waals surface area contributed by atoms with Crippen molar-refractivity contribution in [2.75, 3.05) is 5.32 Å². The number of carbonyl (C=O) groups excluding carboxylic acids is 1. The van der Waals surface area contributed by atoms with Gasteiger partial charge in [0.25, 0.3) is 0 Å². The highest BCUT2D eigenvalue weighted by Gasteiger charge is 2.11. The Hall–Kier alpha value is -2.20. The molecule has 126 valence electrons. The molecule has 0 fully saturated rings. The van der Waals surface area contributed by atoms with Crippen LogP contribution in [0.15, 0.2) is 48.5 Å². The Morgan fingerprint density at radius 2 is 1.79 bits per heavy atom. The molecule has 2 aromatic carbocycles. The molecular weight excluding hydrogens is 316 g/mol. The van der Waals surface area contributed by atoms with E-state index in [1.54, 1.807) is 0 Å². The second kappa shape index (κ2) is 8.60. The van der Waals surface area contributed by atoms with Gasteiger partial charge in [0, 0.05) is 12.1 Å².